The Bertz CT molecular complexity index is 1050. The first kappa shape index (κ1) is 19.4. The maximum absolute atomic E-state index is 12.4. The van der Waals surface area contributed by atoms with Crippen LogP contribution in [0.25, 0.3) is 0 Å². The number of nitrogens with zero attached hydrogens (tertiary/aromatic N) is 1. The van der Waals surface area contributed by atoms with Crippen LogP contribution in [0.15, 0.2) is 53.4 Å². The van der Waals surface area contributed by atoms with Gasteiger partial charge in [0.2, 0.25) is 15.9 Å². The number of amides is 2. The number of nitrogens with one attached hydrogen (secondary N) is 2. The number of carbonyl (C=O) groups is 2. The maximum atomic E-state index is 12.4. The maximum Gasteiger partial charge on any atom is 0.265 e. The van der Waals surface area contributed by atoms with E-state index in [1.54, 1.807) is 30.3 Å². The molecular formula is C20H21N3O5S. The minimum absolute atomic E-state index is 0.00665. The molecule has 9 heteroatoms. The van der Waals surface area contributed by atoms with Gasteiger partial charge in [-0.3, -0.25) is 9.59 Å². The summed E-state index contributed by atoms with van der Waals surface area (Å²) < 4.78 is 32.7. The molecule has 2 N–H and O–H groups in total. The van der Waals surface area contributed by atoms with Crippen molar-refractivity contribution in [3.63, 3.8) is 0 Å². The van der Waals surface area contributed by atoms with Crippen LogP contribution in [0.2, 0.25) is 0 Å². The van der Waals surface area contributed by atoms with E-state index in [2.05, 4.69) is 10.0 Å². The molecule has 152 valence electrons. The van der Waals surface area contributed by atoms with Crippen LogP contribution in [-0.4, -0.2) is 39.4 Å². The van der Waals surface area contributed by atoms with Gasteiger partial charge in [0.1, 0.15) is 5.75 Å². The standard InChI is InChI=1S/C20H21N3O5S/c24-19(10-11-23-17-6-1-2-7-18(17)28-13-20(23)25)21-15-4-3-5-16(12-15)29(26,27)22-14-8-9-14/h1-7,12,14,22H,8-11,13H2,(H,21,24). The molecule has 1 heterocycles. The highest BCUT2D eigenvalue weighted by molar-refractivity contribution is 7.89. The molecule has 0 atom stereocenters. The average Bonchev–Trinajstić information content (AvgIpc) is 3.51. The molecule has 1 saturated carbocycles. The van der Waals surface area contributed by atoms with Gasteiger partial charge in [-0.15, -0.1) is 0 Å². The monoisotopic (exact) mass is 415 g/mol. The number of hydrogen-bond donors (Lipinski definition) is 2. The smallest absolute Gasteiger partial charge is 0.265 e. The fraction of sp³-hybridized carbons (Fsp3) is 0.300. The largest absolute Gasteiger partial charge is 0.482 e. The van der Waals surface area contributed by atoms with Crippen molar-refractivity contribution in [1.29, 1.82) is 0 Å². The van der Waals surface area contributed by atoms with Crippen LogP contribution in [0.4, 0.5) is 11.4 Å². The Balaban J connectivity index is 1.39. The van der Waals surface area contributed by atoms with Crippen molar-refractivity contribution in [3.8, 4) is 5.75 Å². The molecule has 2 amide bonds. The molecule has 1 aliphatic heterocycles. The van der Waals surface area contributed by atoms with Crippen molar-refractivity contribution >= 4 is 33.2 Å². The number of rotatable bonds is 7. The van der Waals surface area contributed by atoms with E-state index in [1.807, 2.05) is 6.07 Å². The third kappa shape index (κ3) is 4.57. The summed E-state index contributed by atoms with van der Waals surface area (Å²) in [6, 6.07) is 13.3. The Morgan fingerprint density at radius 2 is 1.93 bits per heavy atom. The first-order valence-electron chi connectivity index (χ1n) is 9.37. The van der Waals surface area contributed by atoms with Gasteiger partial charge in [0.05, 0.1) is 10.6 Å². The summed E-state index contributed by atoms with van der Waals surface area (Å²) in [7, 11) is -3.59. The van der Waals surface area contributed by atoms with Gasteiger partial charge in [0.15, 0.2) is 6.61 Å². The lowest BCUT2D eigenvalue weighted by Gasteiger charge is -2.29. The highest BCUT2D eigenvalue weighted by Gasteiger charge is 2.28. The van der Waals surface area contributed by atoms with Crippen LogP contribution in [-0.2, 0) is 19.6 Å². The summed E-state index contributed by atoms with van der Waals surface area (Å²) in [4.78, 5) is 26.2. The van der Waals surface area contributed by atoms with Crippen molar-refractivity contribution in [2.75, 3.05) is 23.4 Å². The van der Waals surface area contributed by atoms with E-state index in [9.17, 15) is 18.0 Å². The summed E-state index contributed by atoms with van der Waals surface area (Å²) in [5.74, 6) is 0.0794. The normalized spacial score (nSPS) is 16.1. The fourth-order valence-corrected chi connectivity index (χ4v) is 4.42. The highest BCUT2D eigenvalue weighted by atomic mass is 32.2. The van der Waals surface area contributed by atoms with Crippen LogP contribution in [0, 0.1) is 0 Å². The third-order valence-corrected chi connectivity index (χ3v) is 6.22. The molecule has 0 radical (unpaired) electrons. The van der Waals surface area contributed by atoms with Crippen molar-refractivity contribution in [2.45, 2.75) is 30.2 Å². The molecule has 0 saturated heterocycles. The number of sulfonamides is 1. The lowest BCUT2D eigenvalue weighted by atomic mass is 10.2. The van der Waals surface area contributed by atoms with E-state index in [0.717, 1.165) is 12.8 Å². The number of hydrogen-bond acceptors (Lipinski definition) is 5. The zero-order valence-corrected chi connectivity index (χ0v) is 16.4. The molecule has 1 fully saturated rings. The number of benzene rings is 2. The fourth-order valence-electron chi connectivity index (χ4n) is 3.07. The lowest BCUT2D eigenvalue weighted by molar-refractivity contribution is -0.121. The molecule has 4 rings (SSSR count). The van der Waals surface area contributed by atoms with Crippen LogP contribution in [0.5, 0.6) is 5.75 Å². The van der Waals surface area contributed by atoms with Crippen LogP contribution in [0.1, 0.15) is 19.3 Å². The van der Waals surface area contributed by atoms with E-state index in [4.69, 9.17) is 4.74 Å². The van der Waals surface area contributed by atoms with Crippen LogP contribution in [0.3, 0.4) is 0 Å². The Labute approximate surface area is 168 Å². The molecule has 0 unspecified atom stereocenters. The van der Waals surface area contributed by atoms with Crippen molar-refractivity contribution in [1.82, 2.24) is 4.72 Å². The second kappa shape index (κ2) is 7.84. The van der Waals surface area contributed by atoms with E-state index >= 15 is 0 Å². The molecule has 0 aromatic heterocycles. The predicted molar refractivity (Wildman–Crippen MR) is 107 cm³/mol. The zero-order chi connectivity index (χ0) is 20.4. The zero-order valence-electron chi connectivity index (χ0n) is 15.6. The van der Waals surface area contributed by atoms with Crippen molar-refractivity contribution in [3.05, 3.63) is 48.5 Å². The number of anilines is 2. The van der Waals surface area contributed by atoms with Gasteiger partial charge < -0.3 is 15.0 Å². The third-order valence-electron chi connectivity index (χ3n) is 4.70. The predicted octanol–water partition coefficient (Wildman–Crippen LogP) is 1.88. The average molecular weight is 415 g/mol. The molecule has 0 bridgehead atoms. The molecule has 2 aromatic carbocycles. The van der Waals surface area contributed by atoms with E-state index in [0.29, 0.717) is 17.1 Å². The van der Waals surface area contributed by atoms with Gasteiger partial charge in [0, 0.05) is 24.7 Å². The minimum Gasteiger partial charge on any atom is -0.482 e. The highest BCUT2D eigenvalue weighted by Crippen LogP contribution is 2.31. The minimum atomic E-state index is -3.59. The lowest BCUT2D eigenvalue weighted by Crippen LogP contribution is -2.40. The molecule has 0 spiro atoms. The Kier molecular flexibility index (Phi) is 5.25. The quantitative estimate of drug-likeness (QED) is 0.719. The summed E-state index contributed by atoms with van der Waals surface area (Å²) in [6.45, 7) is 0.138. The summed E-state index contributed by atoms with van der Waals surface area (Å²) in [6.07, 6.45) is 1.76. The van der Waals surface area contributed by atoms with Crippen LogP contribution >= 0.6 is 0 Å². The van der Waals surface area contributed by atoms with Gasteiger partial charge >= 0.3 is 0 Å². The Morgan fingerprint density at radius 1 is 1.14 bits per heavy atom. The van der Waals surface area contributed by atoms with Crippen molar-refractivity contribution in [2.24, 2.45) is 0 Å². The molecular weight excluding hydrogens is 394 g/mol. The van der Waals surface area contributed by atoms with E-state index in [-0.39, 0.29) is 42.3 Å². The molecule has 1 aliphatic carbocycles. The first-order valence-corrected chi connectivity index (χ1v) is 10.9. The number of para-hydroxylation sites is 2. The summed E-state index contributed by atoms with van der Waals surface area (Å²) in [5, 5.41) is 2.70. The molecule has 2 aromatic rings. The van der Waals surface area contributed by atoms with E-state index in [1.165, 1.54) is 17.0 Å². The SMILES string of the molecule is O=C(CCN1C(=O)COc2ccccc21)Nc1cccc(S(=O)(=O)NC2CC2)c1. The molecule has 2 aliphatic rings. The van der Waals surface area contributed by atoms with E-state index < -0.39 is 10.0 Å². The number of carbonyl (C=O) groups excluding carboxylic acids is 2. The first-order chi connectivity index (χ1) is 13.9. The van der Waals surface area contributed by atoms with Gasteiger partial charge in [-0.2, -0.15) is 0 Å². The topological polar surface area (TPSA) is 105 Å². The molecule has 29 heavy (non-hydrogen) atoms. The second-order valence-corrected chi connectivity index (χ2v) is 8.74. The summed E-state index contributed by atoms with van der Waals surface area (Å²) in [5.41, 5.74) is 1.03. The van der Waals surface area contributed by atoms with Crippen LogP contribution < -0.4 is 19.7 Å². The van der Waals surface area contributed by atoms with Gasteiger partial charge in [-0.1, -0.05) is 18.2 Å². The Hall–Kier alpha value is -2.91. The Morgan fingerprint density at radius 3 is 2.72 bits per heavy atom. The summed E-state index contributed by atoms with van der Waals surface area (Å²) >= 11 is 0. The van der Waals surface area contributed by atoms with Crippen molar-refractivity contribution < 1.29 is 22.7 Å². The van der Waals surface area contributed by atoms with Gasteiger partial charge in [-0.05, 0) is 43.2 Å². The van der Waals surface area contributed by atoms with Gasteiger partial charge in [-0.25, -0.2) is 13.1 Å². The second-order valence-electron chi connectivity index (χ2n) is 7.02. The number of fused-ring (bicyclic) bond motifs is 1. The molecule has 8 nitrogen and oxygen atoms in total. The number of ether oxygens (including phenoxy) is 1. The van der Waals surface area contributed by atoms with Gasteiger partial charge in [0.25, 0.3) is 5.91 Å².